The molecule has 2 aromatic heterocycles. The molecule has 1 fully saturated rings. The summed E-state index contributed by atoms with van der Waals surface area (Å²) >= 11 is 6.09. The summed E-state index contributed by atoms with van der Waals surface area (Å²) in [4.78, 5) is 9.49. The number of piperazine rings is 1. The molecule has 0 atom stereocenters. The summed E-state index contributed by atoms with van der Waals surface area (Å²) in [6.07, 6.45) is 1.87. The minimum atomic E-state index is 0.470. The van der Waals surface area contributed by atoms with Crippen LogP contribution < -0.4 is 4.90 Å². The highest BCUT2D eigenvalue weighted by Crippen LogP contribution is 2.31. The molecule has 7 heteroatoms. The lowest BCUT2D eigenvalue weighted by Crippen LogP contribution is -2.47. The first-order valence-electron chi connectivity index (χ1n) is 10.3. The number of halogens is 1. The van der Waals surface area contributed by atoms with Gasteiger partial charge in [-0.3, -0.25) is 4.90 Å². The Hall–Kier alpha value is -3.40. The number of hydrogen-bond donors (Lipinski definition) is 0. The van der Waals surface area contributed by atoms with Crippen molar-refractivity contribution in [2.45, 2.75) is 0 Å². The molecule has 3 heterocycles. The Labute approximate surface area is 185 Å². The summed E-state index contributed by atoms with van der Waals surface area (Å²) in [6, 6.07) is 22.3. The lowest BCUT2D eigenvalue weighted by Gasteiger charge is -2.34. The molecule has 0 spiro atoms. The number of anilines is 1. The second-order valence-electron chi connectivity index (χ2n) is 7.59. The van der Waals surface area contributed by atoms with Crippen molar-refractivity contribution in [2.24, 2.45) is 0 Å². The van der Waals surface area contributed by atoms with Gasteiger partial charge in [0.1, 0.15) is 5.82 Å². The van der Waals surface area contributed by atoms with E-state index in [1.165, 1.54) is 0 Å². The first-order valence-corrected chi connectivity index (χ1v) is 10.6. The molecule has 2 aromatic carbocycles. The van der Waals surface area contributed by atoms with Gasteiger partial charge in [0, 0.05) is 48.4 Å². The molecule has 154 valence electrons. The maximum atomic E-state index is 9.00. The minimum Gasteiger partial charge on any atom is -0.354 e. The Morgan fingerprint density at radius 2 is 1.68 bits per heavy atom. The van der Waals surface area contributed by atoms with Crippen LogP contribution in [-0.2, 0) is 0 Å². The van der Waals surface area contributed by atoms with Crippen LogP contribution in [0.2, 0.25) is 5.02 Å². The highest BCUT2D eigenvalue weighted by molar-refractivity contribution is 6.30. The fourth-order valence-electron chi connectivity index (χ4n) is 4.00. The maximum absolute atomic E-state index is 9.00. The van der Waals surface area contributed by atoms with Crippen LogP contribution in [-0.4, -0.2) is 52.2 Å². The molecule has 0 saturated carbocycles. The molecule has 4 aromatic rings. The van der Waals surface area contributed by atoms with Crippen molar-refractivity contribution < 1.29 is 0 Å². The zero-order chi connectivity index (χ0) is 21.2. The van der Waals surface area contributed by atoms with Crippen LogP contribution in [0.15, 0.2) is 66.9 Å². The Morgan fingerprint density at radius 3 is 2.39 bits per heavy atom. The van der Waals surface area contributed by atoms with Crippen molar-refractivity contribution in [1.29, 1.82) is 5.26 Å². The third kappa shape index (κ3) is 3.86. The average molecular weight is 429 g/mol. The fourth-order valence-corrected chi connectivity index (χ4v) is 4.12. The van der Waals surface area contributed by atoms with E-state index in [1.54, 1.807) is 0 Å². The quantitative estimate of drug-likeness (QED) is 0.452. The van der Waals surface area contributed by atoms with Gasteiger partial charge in [0.05, 0.1) is 24.5 Å². The van der Waals surface area contributed by atoms with E-state index in [9.17, 15) is 0 Å². The third-order valence-corrected chi connectivity index (χ3v) is 5.92. The number of aromatic nitrogens is 3. The Balaban J connectivity index is 1.62. The van der Waals surface area contributed by atoms with E-state index in [0.29, 0.717) is 11.6 Å². The predicted molar refractivity (Wildman–Crippen MR) is 123 cm³/mol. The second-order valence-corrected chi connectivity index (χ2v) is 8.02. The van der Waals surface area contributed by atoms with Crippen LogP contribution in [0.5, 0.6) is 0 Å². The number of fused-ring (bicyclic) bond motifs is 1. The van der Waals surface area contributed by atoms with Gasteiger partial charge in [-0.1, -0.05) is 54.1 Å². The standard InChI is InChI=1S/C24H21ClN6/c25-20-8-6-18(7-9-20)21-17-27-31-23(30-14-12-29(11-10-26)13-15-30)16-22(28-24(21)31)19-4-2-1-3-5-19/h1-9,16-17H,11-15H2. The minimum absolute atomic E-state index is 0.470. The van der Waals surface area contributed by atoms with Gasteiger partial charge in [0.15, 0.2) is 5.65 Å². The highest BCUT2D eigenvalue weighted by atomic mass is 35.5. The molecule has 0 bridgehead atoms. The summed E-state index contributed by atoms with van der Waals surface area (Å²) in [6.45, 7) is 3.85. The topological polar surface area (TPSA) is 60.5 Å². The van der Waals surface area contributed by atoms with Gasteiger partial charge < -0.3 is 4.90 Å². The van der Waals surface area contributed by atoms with Crippen LogP contribution in [0.4, 0.5) is 5.82 Å². The van der Waals surface area contributed by atoms with Gasteiger partial charge in [0.2, 0.25) is 0 Å². The molecule has 0 amide bonds. The van der Waals surface area contributed by atoms with E-state index >= 15 is 0 Å². The molecule has 0 aliphatic carbocycles. The molecule has 5 rings (SSSR count). The Bertz CT molecular complexity index is 1240. The lowest BCUT2D eigenvalue weighted by atomic mass is 10.1. The molecular formula is C24H21ClN6. The smallest absolute Gasteiger partial charge is 0.165 e. The molecule has 1 aliphatic rings. The predicted octanol–water partition coefficient (Wildman–Crippen LogP) is 4.36. The van der Waals surface area contributed by atoms with E-state index in [-0.39, 0.29) is 0 Å². The van der Waals surface area contributed by atoms with Crippen LogP contribution in [0, 0.1) is 11.3 Å². The summed E-state index contributed by atoms with van der Waals surface area (Å²) in [5, 5.41) is 14.4. The number of rotatable bonds is 4. The normalized spacial score (nSPS) is 14.6. The zero-order valence-corrected chi connectivity index (χ0v) is 17.7. The second kappa shape index (κ2) is 8.38. The number of hydrogen-bond acceptors (Lipinski definition) is 5. The first-order chi connectivity index (χ1) is 15.2. The SMILES string of the molecule is N#CCN1CCN(c2cc(-c3ccccc3)nc3c(-c4ccc(Cl)cc4)cnn23)CC1. The van der Waals surface area contributed by atoms with E-state index < -0.39 is 0 Å². The van der Waals surface area contributed by atoms with Crippen molar-refractivity contribution in [2.75, 3.05) is 37.6 Å². The molecule has 0 N–H and O–H groups in total. The fraction of sp³-hybridized carbons (Fsp3) is 0.208. The number of benzene rings is 2. The number of nitrogens with zero attached hydrogens (tertiary/aromatic N) is 6. The Kier molecular flexibility index (Phi) is 5.29. The van der Waals surface area contributed by atoms with Crippen LogP contribution >= 0.6 is 11.6 Å². The third-order valence-electron chi connectivity index (χ3n) is 5.67. The zero-order valence-electron chi connectivity index (χ0n) is 16.9. The monoisotopic (exact) mass is 428 g/mol. The Morgan fingerprint density at radius 1 is 0.935 bits per heavy atom. The maximum Gasteiger partial charge on any atom is 0.165 e. The van der Waals surface area contributed by atoms with Crippen LogP contribution in [0.1, 0.15) is 0 Å². The molecule has 0 radical (unpaired) electrons. The van der Waals surface area contributed by atoms with E-state index in [1.807, 2.05) is 53.2 Å². The lowest BCUT2D eigenvalue weighted by molar-refractivity contribution is 0.286. The molecule has 31 heavy (non-hydrogen) atoms. The van der Waals surface area contributed by atoms with Crippen LogP contribution in [0.3, 0.4) is 0 Å². The average Bonchev–Trinajstić information content (AvgIpc) is 3.24. The van der Waals surface area contributed by atoms with E-state index in [0.717, 1.165) is 60.0 Å². The van der Waals surface area contributed by atoms with Crippen molar-refractivity contribution in [3.63, 3.8) is 0 Å². The summed E-state index contributed by atoms with van der Waals surface area (Å²) in [5.41, 5.74) is 4.80. The van der Waals surface area contributed by atoms with E-state index in [2.05, 4.69) is 34.1 Å². The molecule has 1 aliphatic heterocycles. The summed E-state index contributed by atoms with van der Waals surface area (Å²) in [5.74, 6) is 1.01. The van der Waals surface area contributed by atoms with Gasteiger partial charge in [-0.25, -0.2) is 4.98 Å². The summed E-state index contributed by atoms with van der Waals surface area (Å²) in [7, 11) is 0. The van der Waals surface area contributed by atoms with Crippen LogP contribution in [0.25, 0.3) is 28.0 Å². The first kappa shape index (κ1) is 19.6. The van der Waals surface area contributed by atoms with Gasteiger partial charge >= 0.3 is 0 Å². The van der Waals surface area contributed by atoms with Gasteiger partial charge in [-0.2, -0.15) is 14.9 Å². The van der Waals surface area contributed by atoms with Gasteiger partial charge in [-0.15, -0.1) is 0 Å². The summed E-state index contributed by atoms with van der Waals surface area (Å²) < 4.78 is 1.93. The highest BCUT2D eigenvalue weighted by Gasteiger charge is 2.22. The van der Waals surface area contributed by atoms with Crippen molar-refractivity contribution >= 4 is 23.1 Å². The largest absolute Gasteiger partial charge is 0.354 e. The molecule has 6 nitrogen and oxygen atoms in total. The van der Waals surface area contributed by atoms with E-state index in [4.69, 9.17) is 26.9 Å². The van der Waals surface area contributed by atoms with Crippen molar-refractivity contribution in [3.8, 4) is 28.5 Å². The van der Waals surface area contributed by atoms with Crippen molar-refractivity contribution in [3.05, 3.63) is 71.9 Å². The number of nitriles is 1. The molecule has 1 saturated heterocycles. The van der Waals surface area contributed by atoms with Crippen molar-refractivity contribution in [1.82, 2.24) is 19.5 Å². The van der Waals surface area contributed by atoms with Gasteiger partial charge in [0.25, 0.3) is 0 Å². The molecular weight excluding hydrogens is 408 g/mol. The molecule has 0 unspecified atom stereocenters. The van der Waals surface area contributed by atoms with Gasteiger partial charge in [-0.05, 0) is 17.7 Å².